The van der Waals surface area contributed by atoms with Crippen LogP contribution in [0.5, 0.6) is 0 Å². The maximum Gasteiger partial charge on any atom is 0.123 e. The first-order valence-electron chi connectivity index (χ1n) is 7.57. The number of aryl methyl sites for hydroxylation is 2. The van der Waals surface area contributed by atoms with Crippen LogP contribution in [-0.4, -0.2) is 21.5 Å². The van der Waals surface area contributed by atoms with Crippen LogP contribution in [0.3, 0.4) is 0 Å². The molecule has 3 nitrogen and oxygen atoms in total. The molecule has 0 saturated carbocycles. The molecular weight excluding hydrogens is 267 g/mol. The van der Waals surface area contributed by atoms with Crippen LogP contribution in [-0.2, 0) is 25.8 Å². The summed E-state index contributed by atoms with van der Waals surface area (Å²) in [5.74, 6) is -0.0990. The van der Waals surface area contributed by atoms with Gasteiger partial charge in [-0.3, -0.25) is 4.68 Å². The summed E-state index contributed by atoms with van der Waals surface area (Å²) in [6, 6.07) is 8.63. The van der Waals surface area contributed by atoms with Crippen molar-refractivity contribution >= 4 is 0 Å². The SMILES string of the molecule is CCc1cc(CC(CO)Cc2ccc(F)cc2)n(CC)n1. The lowest BCUT2D eigenvalue weighted by Crippen LogP contribution is -2.16. The molecular formula is C17H23FN2O. The van der Waals surface area contributed by atoms with Gasteiger partial charge in [0.05, 0.1) is 5.69 Å². The molecule has 0 aliphatic carbocycles. The molecule has 0 spiro atoms. The van der Waals surface area contributed by atoms with Gasteiger partial charge in [0.1, 0.15) is 5.82 Å². The van der Waals surface area contributed by atoms with Gasteiger partial charge in [0.15, 0.2) is 0 Å². The molecule has 0 radical (unpaired) electrons. The molecule has 1 heterocycles. The van der Waals surface area contributed by atoms with Gasteiger partial charge in [0.2, 0.25) is 0 Å². The Bertz CT molecular complexity index is 563. The normalized spacial score (nSPS) is 12.6. The van der Waals surface area contributed by atoms with Gasteiger partial charge in [-0.2, -0.15) is 5.10 Å². The lowest BCUT2D eigenvalue weighted by atomic mass is 9.95. The van der Waals surface area contributed by atoms with E-state index in [0.29, 0.717) is 0 Å². The van der Waals surface area contributed by atoms with E-state index < -0.39 is 0 Å². The van der Waals surface area contributed by atoms with E-state index in [1.54, 1.807) is 12.1 Å². The summed E-state index contributed by atoms with van der Waals surface area (Å²) in [7, 11) is 0. The highest BCUT2D eigenvalue weighted by Gasteiger charge is 2.14. The number of hydrogen-bond acceptors (Lipinski definition) is 2. The quantitative estimate of drug-likeness (QED) is 0.851. The van der Waals surface area contributed by atoms with Gasteiger partial charge >= 0.3 is 0 Å². The predicted molar refractivity (Wildman–Crippen MR) is 81.7 cm³/mol. The van der Waals surface area contributed by atoms with E-state index in [2.05, 4.69) is 25.0 Å². The van der Waals surface area contributed by atoms with Crippen LogP contribution in [0.25, 0.3) is 0 Å². The summed E-state index contributed by atoms with van der Waals surface area (Å²) >= 11 is 0. The van der Waals surface area contributed by atoms with E-state index >= 15 is 0 Å². The molecule has 4 heteroatoms. The van der Waals surface area contributed by atoms with Crippen LogP contribution in [0.2, 0.25) is 0 Å². The Kier molecular flexibility index (Phi) is 5.51. The maximum atomic E-state index is 12.9. The second-order valence-electron chi connectivity index (χ2n) is 5.38. The molecule has 114 valence electrons. The summed E-state index contributed by atoms with van der Waals surface area (Å²) in [5.41, 5.74) is 3.30. The van der Waals surface area contributed by atoms with E-state index in [9.17, 15) is 9.50 Å². The lowest BCUT2D eigenvalue weighted by molar-refractivity contribution is 0.223. The Hall–Kier alpha value is -1.68. The molecule has 0 aliphatic heterocycles. The molecule has 1 aromatic carbocycles. The number of aliphatic hydroxyl groups excluding tert-OH is 1. The molecule has 2 aromatic rings. The van der Waals surface area contributed by atoms with Crippen molar-refractivity contribution in [3.05, 3.63) is 53.1 Å². The Morgan fingerprint density at radius 2 is 1.90 bits per heavy atom. The van der Waals surface area contributed by atoms with Gasteiger partial charge in [-0.05, 0) is 55.9 Å². The molecule has 21 heavy (non-hydrogen) atoms. The molecule has 1 N–H and O–H groups in total. The van der Waals surface area contributed by atoms with E-state index in [-0.39, 0.29) is 18.3 Å². The highest BCUT2D eigenvalue weighted by atomic mass is 19.1. The van der Waals surface area contributed by atoms with Crippen LogP contribution in [0.15, 0.2) is 30.3 Å². The summed E-state index contributed by atoms with van der Waals surface area (Å²) < 4.78 is 14.9. The summed E-state index contributed by atoms with van der Waals surface area (Å²) in [4.78, 5) is 0. The molecule has 1 atom stereocenters. The number of benzene rings is 1. The highest BCUT2D eigenvalue weighted by Crippen LogP contribution is 2.16. The van der Waals surface area contributed by atoms with Gasteiger partial charge in [0.25, 0.3) is 0 Å². The van der Waals surface area contributed by atoms with Gasteiger partial charge in [0, 0.05) is 18.8 Å². The zero-order valence-corrected chi connectivity index (χ0v) is 12.7. The minimum atomic E-state index is -0.226. The van der Waals surface area contributed by atoms with Gasteiger partial charge in [-0.15, -0.1) is 0 Å². The number of aliphatic hydroxyl groups is 1. The standard InChI is InChI=1S/C17H23FN2O/c1-3-16-11-17(20(4-2)19-16)10-14(12-21)9-13-5-7-15(18)8-6-13/h5-8,11,14,21H,3-4,9-10,12H2,1-2H3. The largest absolute Gasteiger partial charge is 0.396 e. The second kappa shape index (κ2) is 7.36. The van der Waals surface area contributed by atoms with Crippen LogP contribution in [0.1, 0.15) is 30.8 Å². The number of aromatic nitrogens is 2. The van der Waals surface area contributed by atoms with Crippen molar-refractivity contribution in [3.8, 4) is 0 Å². The van der Waals surface area contributed by atoms with Crippen molar-refractivity contribution in [2.45, 2.75) is 39.7 Å². The molecule has 0 fully saturated rings. The smallest absolute Gasteiger partial charge is 0.123 e. The maximum absolute atomic E-state index is 12.9. The summed E-state index contributed by atoms with van der Waals surface area (Å²) in [6.07, 6.45) is 2.45. The van der Waals surface area contributed by atoms with Crippen molar-refractivity contribution in [1.82, 2.24) is 9.78 Å². The van der Waals surface area contributed by atoms with Crippen LogP contribution in [0.4, 0.5) is 4.39 Å². The van der Waals surface area contributed by atoms with E-state index in [1.165, 1.54) is 12.1 Å². The summed E-state index contributed by atoms with van der Waals surface area (Å²) in [6.45, 7) is 5.12. The zero-order valence-electron chi connectivity index (χ0n) is 12.7. The first-order valence-corrected chi connectivity index (χ1v) is 7.57. The Morgan fingerprint density at radius 3 is 2.48 bits per heavy atom. The molecule has 0 aliphatic rings. The third kappa shape index (κ3) is 4.14. The van der Waals surface area contributed by atoms with Crippen LogP contribution in [0, 0.1) is 11.7 Å². The van der Waals surface area contributed by atoms with E-state index in [4.69, 9.17) is 0 Å². The average Bonchev–Trinajstić information content (AvgIpc) is 2.91. The second-order valence-corrected chi connectivity index (χ2v) is 5.38. The van der Waals surface area contributed by atoms with Crippen molar-refractivity contribution < 1.29 is 9.50 Å². The minimum absolute atomic E-state index is 0.119. The predicted octanol–water partition coefficient (Wildman–Crippen LogP) is 3.00. The summed E-state index contributed by atoms with van der Waals surface area (Å²) in [5, 5.41) is 14.2. The fourth-order valence-corrected chi connectivity index (χ4v) is 2.58. The molecule has 2 rings (SSSR count). The first kappa shape index (κ1) is 15.7. The van der Waals surface area contributed by atoms with Crippen LogP contribution < -0.4 is 0 Å². The van der Waals surface area contributed by atoms with Gasteiger partial charge < -0.3 is 5.11 Å². The molecule has 0 bridgehead atoms. The Labute approximate surface area is 125 Å². The average molecular weight is 290 g/mol. The van der Waals surface area contributed by atoms with Gasteiger partial charge in [-0.1, -0.05) is 19.1 Å². The monoisotopic (exact) mass is 290 g/mol. The fraction of sp³-hybridized carbons (Fsp3) is 0.471. The Balaban J connectivity index is 2.08. The first-order chi connectivity index (χ1) is 10.2. The number of hydrogen-bond donors (Lipinski definition) is 1. The van der Waals surface area contributed by atoms with Crippen molar-refractivity contribution in [2.24, 2.45) is 5.92 Å². The third-order valence-corrected chi connectivity index (χ3v) is 3.77. The van der Waals surface area contributed by atoms with Crippen molar-refractivity contribution in [1.29, 1.82) is 0 Å². The zero-order chi connectivity index (χ0) is 15.2. The Morgan fingerprint density at radius 1 is 1.19 bits per heavy atom. The number of rotatable bonds is 7. The fourth-order valence-electron chi connectivity index (χ4n) is 2.58. The molecule has 0 amide bonds. The molecule has 1 aromatic heterocycles. The number of halogens is 1. The lowest BCUT2D eigenvalue weighted by Gasteiger charge is -2.15. The van der Waals surface area contributed by atoms with Gasteiger partial charge in [-0.25, -0.2) is 4.39 Å². The van der Waals surface area contributed by atoms with E-state index in [1.807, 2.05) is 4.68 Å². The van der Waals surface area contributed by atoms with Crippen LogP contribution >= 0.6 is 0 Å². The minimum Gasteiger partial charge on any atom is -0.396 e. The third-order valence-electron chi connectivity index (χ3n) is 3.77. The molecule has 1 unspecified atom stereocenters. The number of nitrogens with zero attached hydrogens (tertiary/aromatic N) is 2. The highest BCUT2D eigenvalue weighted by molar-refractivity contribution is 5.18. The molecule has 0 saturated heterocycles. The van der Waals surface area contributed by atoms with Crippen molar-refractivity contribution in [3.63, 3.8) is 0 Å². The topological polar surface area (TPSA) is 38.0 Å². The van der Waals surface area contributed by atoms with Crippen molar-refractivity contribution in [2.75, 3.05) is 6.61 Å². The van der Waals surface area contributed by atoms with E-state index in [0.717, 1.165) is 42.8 Å².